The van der Waals surface area contributed by atoms with Gasteiger partial charge in [-0.05, 0) is 166 Å². The second-order valence-corrected chi connectivity index (χ2v) is 26.2. The van der Waals surface area contributed by atoms with Crippen molar-refractivity contribution < 1.29 is 42.7 Å². The number of pyridine rings is 1. The van der Waals surface area contributed by atoms with Gasteiger partial charge in [-0.3, -0.25) is 43.8 Å². The molecule has 9 amide bonds. The van der Waals surface area contributed by atoms with Crippen LogP contribution in [0.15, 0.2) is 60.9 Å². The molecule has 7 aliphatic heterocycles. The van der Waals surface area contributed by atoms with E-state index in [4.69, 9.17) is 9.97 Å². The zero-order valence-corrected chi connectivity index (χ0v) is 50.8. The second-order valence-electron chi connectivity index (χ2n) is 26.2. The maximum atomic E-state index is 16.0. The van der Waals surface area contributed by atoms with E-state index in [0.29, 0.717) is 123 Å². The van der Waals surface area contributed by atoms with Crippen LogP contribution in [0.3, 0.4) is 0 Å². The van der Waals surface area contributed by atoms with Crippen LogP contribution in [0.2, 0.25) is 0 Å². The van der Waals surface area contributed by atoms with Crippen LogP contribution in [-0.4, -0.2) is 169 Å². The van der Waals surface area contributed by atoms with Crippen molar-refractivity contribution in [3.05, 3.63) is 94.6 Å². The lowest BCUT2D eigenvalue weighted by atomic mass is 9.73. The molecule has 0 radical (unpaired) electrons. The van der Waals surface area contributed by atoms with Crippen molar-refractivity contribution in [2.75, 3.05) is 67.9 Å². The summed E-state index contributed by atoms with van der Waals surface area (Å²) >= 11 is 0. The average Bonchev–Trinajstić information content (AvgIpc) is 1.57. The summed E-state index contributed by atoms with van der Waals surface area (Å²) in [6.07, 6.45) is 10.5. The third kappa shape index (κ3) is 10.5. The van der Waals surface area contributed by atoms with Crippen molar-refractivity contribution in [2.45, 2.75) is 160 Å². The van der Waals surface area contributed by atoms with Crippen LogP contribution < -0.4 is 26.2 Å². The summed E-state index contributed by atoms with van der Waals surface area (Å²) in [5.74, 6) is -2.79. The summed E-state index contributed by atoms with van der Waals surface area (Å²) in [5.41, 5.74) is 5.57. The Bertz CT molecular complexity index is 3680. The molecular formula is C66H78FN13O8. The molecule has 22 heteroatoms. The molecule has 21 nitrogen and oxygen atoms in total. The van der Waals surface area contributed by atoms with E-state index in [2.05, 4.69) is 43.2 Å². The van der Waals surface area contributed by atoms with Gasteiger partial charge in [0.2, 0.25) is 23.6 Å². The summed E-state index contributed by atoms with van der Waals surface area (Å²) in [6, 6.07) is 15.1. The molecule has 1 unspecified atom stereocenters. The van der Waals surface area contributed by atoms with Crippen LogP contribution >= 0.6 is 0 Å². The first-order valence-electron chi connectivity index (χ1n) is 31.8. The van der Waals surface area contributed by atoms with Crippen molar-refractivity contribution >= 4 is 81.3 Å². The highest BCUT2D eigenvalue weighted by Crippen LogP contribution is 2.53. The molecule has 462 valence electrons. The molecule has 0 bridgehead atoms. The Kier molecular flexibility index (Phi) is 15.6. The number of rotatable bonds is 12. The fourth-order valence-corrected chi connectivity index (χ4v) is 15.1. The summed E-state index contributed by atoms with van der Waals surface area (Å²) in [7, 11) is 0. The van der Waals surface area contributed by atoms with Gasteiger partial charge in [0.1, 0.15) is 17.4 Å². The molecule has 9 heterocycles. The molecule has 5 saturated heterocycles. The monoisotopic (exact) mass is 1200 g/mol. The van der Waals surface area contributed by atoms with Gasteiger partial charge < -0.3 is 45.0 Å². The maximum absolute atomic E-state index is 16.0. The molecule has 1 saturated carbocycles. The quantitative estimate of drug-likeness (QED) is 0.0867. The Labute approximate surface area is 511 Å². The third-order valence-corrected chi connectivity index (χ3v) is 20.0. The summed E-state index contributed by atoms with van der Waals surface area (Å²) in [4.78, 5) is 130. The Balaban J connectivity index is 0.676. The Hall–Kier alpha value is -8.27. The van der Waals surface area contributed by atoms with Crippen LogP contribution in [0.5, 0.6) is 0 Å². The number of fused-ring (bicyclic) bond motifs is 4. The van der Waals surface area contributed by atoms with E-state index in [-0.39, 0.29) is 83.5 Å². The predicted molar refractivity (Wildman–Crippen MR) is 329 cm³/mol. The standard InChI is InChI=1S/C66H78FN13O8/c1-37(2)69-59(82)46-34-51(48(67)30-39(46)5)72-58-57-52(68-36-78(57)38(3)4)35-50(71-58)41-12-13-47-54(31-41)79(44-32-43(33-44)74-22-7-6-8-23-74)64(87)66(47)20-28-75(29-21-66)61(84)40-16-24-76(25-17-40)65(88)77-26-18-42(19-27-77)70-49-11-9-10-45-56(49)63(86)80(62(45)85)53-14-15-55(81)73-60(53)83/h9-13,30-31,34-38,40,42-44,53,70H,6-8,14-29,32-33H2,1-5H3,(H,69,82)(H,71,72)(H,73,81,83). The summed E-state index contributed by atoms with van der Waals surface area (Å²) in [6.45, 7) is 14.4. The van der Waals surface area contributed by atoms with Gasteiger partial charge >= 0.3 is 6.03 Å². The maximum Gasteiger partial charge on any atom is 0.320 e. The number of likely N-dealkylation sites (tertiary alicyclic amines) is 4. The molecule has 3 aromatic carbocycles. The molecule has 1 aliphatic carbocycles. The van der Waals surface area contributed by atoms with Gasteiger partial charge in [-0.2, -0.15) is 0 Å². The van der Waals surface area contributed by atoms with E-state index >= 15 is 9.18 Å². The number of piperidine rings is 5. The van der Waals surface area contributed by atoms with Gasteiger partial charge in [0, 0.05) is 104 Å². The predicted octanol–water partition coefficient (Wildman–Crippen LogP) is 8.04. The number of nitrogens with zero attached hydrogens (tertiary/aromatic N) is 9. The lowest BCUT2D eigenvalue weighted by Crippen LogP contribution is -2.58. The zero-order valence-electron chi connectivity index (χ0n) is 50.8. The fraction of sp³-hybridized carbons (Fsp3) is 0.515. The number of carbonyl (C=O) groups is 8. The highest BCUT2D eigenvalue weighted by atomic mass is 19.1. The number of hydrogen-bond donors (Lipinski definition) is 4. The number of hydrogen-bond acceptors (Lipinski definition) is 13. The molecule has 1 spiro atoms. The molecule has 5 aromatic rings. The number of imide groups is 2. The number of aromatic nitrogens is 3. The lowest BCUT2D eigenvalue weighted by Gasteiger charge is -2.48. The minimum Gasteiger partial charge on any atom is -0.382 e. The first-order valence-corrected chi connectivity index (χ1v) is 31.8. The largest absolute Gasteiger partial charge is 0.382 e. The summed E-state index contributed by atoms with van der Waals surface area (Å²) < 4.78 is 18.0. The molecule has 1 atom stereocenters. The van der Waals surface area contributed by atoms with Gasteiger partial charge in [0.25, 0.3) is 17.7 Å². The third-order valence-electron chi connectivity index (χ3n) is 20.0. The van der Waals surface area contributed by atoms with Crippen LogP contribution in [0.4, 0.5) is 32.1 Å². The van der Waals surface area contributed by atoms with Gasteiger partial charge in [-0.25, -0.2) is 19.2 Å². The van der Waals surface area contributed by atoms with Gasteiger partial charge in [-0.1, -0.05) is 24.6 Å². The minimum atomic E-state index is -1.06. The van der Waals surface area contributed by atoms with E-state index in [0.717, 1.165) is 47.6 Å². The second kappa shape index (κ2) is 23.4. The summed E-state index contributed by atoms with van der Waals surface area (Å²) in [5, 5.41) is 11.9. The number of nitrogens with one attached hydrogen (secondary N) is 4. The zero-order chi connectivity index (χ0) is 61.4. The van der Waals surface area contributed by atoms with Gasteiger partial charge in [0.05, 0.1) is 39.8 Å². The van der Waals surface area contributed by atoms with Crippen LogP contribution in [0.1, 0.15) is 159 Å². The van der Waals surface area contributed by atoms with E-state index in [1.54, 1.807) is 31.5 Å². The van der Waals surface area contributed by atoms with E-state index in [1.807, 2.05) is 59.1 Å². The molecule has 88 heavy (non-hydrogen) atoms. The topological polar surface area (TPSA) is 235 Å². The molecule has 2 aromatic heterocycles. The number of benzene rings is 3. The SMILES string of the molecule is Cc1cc(F)c(Nc2nc(-c3ccc4c(c3)N(C3CC(N5CCCCC5)C3)C(=O)C43CCN(C(=O)C4CCN(C(=O)N5CCC(Nc6cccc7c6C(=O)N(C6CCC(=O)NC6=O)C7=O)CC5)CC4)CC3)cc3ncn(C(C)C)c23)cc1C(=O)NC(C)C. The normalized spacial score (nSPS) is 22.7. The number of anilines is 4. The highest BCUT2D eigenvalue weighted by molar-refractivity contribution is 6.25. The highest BCUT2D eigenvalue weighted by Gasteiger charge is 2.56. The first kappa shape index (κ1) is 58.7. The number of urea groups is 1. The number of imidazole rings is 1. The van der Waals surface area contributed by atoms with Crippen molar-refractivity contribution in [3.63, 3.8) is 0 Å². The Morgan fingerprint density at radius 3 is 2.16 bits per heavy atom. The molecule has 4 N–H and O–H groups in total. The van der Waals surface area contributed by atoms with Crippen molar-refractivity contribution in [1.82, 2.24) is 49.7 Å². The van der Waals surface area contributed by atoms with Crippen LogP contribution in [0, 0.1) is 18.7 Å². The van der Waals surface area contributed by atoms with Crippen molar-refractivity contribution in [1.29, 1.82) is 0 Å². The molecule has 8 aliphatic rings. The Morgan fingerprint density at radius 2 is 1.47 bits per heavy atom. The van der Waals surface area contributed by atoms with Crippen LogP contribution in [-0.2, 0) is 24.6 Å². The average molecular weight is 1200 g/mol. The molecular weight excluding hydrogens is 1120 g/mol. The Morgan fingerprint density at radius 1 is 0.750 bits per heavy atom. The smallest absolute Gasteiger partial charge is 0.320 e. The van der Waals surface area contributed by atoms with E-state index in [1.165, 1.54) is 31.4 Å². The number of amides is 9. The first-order chi connectivity index (χ1) is 42.3. The minimum absolute atomic E-state index is 0.000156. The fourth-order valence-electron chi connectivity index (χ4n) is 15.1. The van der Waals surface area contributed by atoms with Crippen LogP contribution in [0.25, 0.3) is 22.3 Å². The molecule has 13 rings (SSSR count). The number of carbonyl (C=O) groups excluding carboxylic acids is 8. The lowest BCUT2D eigenvalue weighted by molar-refractivity contribution is -0.140. The molecule has 6 fully saturated rings. The van der Waals surface area contributed by atoms with E-state index < -0.39 is 40.9 Å². The van der Waals surface area contributed by atoms with Crippen molar-refractivity contribution in [3.8, 4) is 11.3 Å². The number of halogens is 1. The van der Waals surface area contributed by atoms with Gasteiger partial charge in [0.15, 0.2) is 5.82 Å². The van der Waals surface area contributed by atoms with Crippen molar-refractivity contribution in [2.24, 2.45) is 5.92 Å². The number of aryl methyl sites for hydroxylation is 1. The van der Waals surface area contributed by atoms with E-state index in [9.17, 15) is 33.6 Å². The van der Waals surface area contributed by atoms with Gasteiger partial charge in [-0.15, -0.1) is 0 Å².